The van der Waals surface area contributed by atoms with Gasteiger partial charge in [0, 0.05) is 12.2 Å². The van der Waals surface area contributed by atoms with E-state index in [1.165, 1.54) is 17.7 Å². The van der Waals surface area contributed by atoms with Crippen molar-refractivity contribution < 1.29 is 4.42 Å². The quantitative estimate of drug-likeness (QED) is 0.685. The standard InChI is InChI=1S/C14H13N3O/c1-3-9-7-11-12(8-10(9)15-5-1)17-14(16-11)13-4-2-6-18-13/h2,4,6-8,15H,1,3,5H2,(H,16,17). The number of aromatic nitrogens is 2. The van der Waals surface area contributed by atoms with Gasteiger partial charge < -0.3 is 14.7 Å². The summed E-state index contributed by atoms with van der Waals surface area (Å²) in [5.41, 5.74) is 4.63. The molecule has 4 rings (SSSR count). The number of aryl methyl sites for hydroxylation is 1. The van der Waals surface area contributed by atoms with Crippen molar-refractivity contribution in [2.75, 3.05) is 11.9 Å². The van der Waals surface area contributed by atoms with Gasteiger partial charge in [0.05, 0.1) is 17.3 Å². The minimum Gasteiger partial charge on any atom is -0.461 e. The van der Waals surface area contributed by atoms with Crippen molar-refractivity contribution in [3.63, 3.8) is 0 Å². The molecule has 0 amide bonds. The van der Waals surface area contributed by atoms with Gasteiger partial charge in [-0.3, -0.25) is 0 Å². The number of hydrogen-bond acceptors (Lipinski definition) is 3. The number of benzene rings is 1. The molecule has 1 aromatic carbocycles. The van der Waals surface area contributed by atoms with Crippen LogP contribution in [0.2, 0.25) is 0 Å². The zero-order chi connectivity index (χ0) is 11.9. The fourth-order valence-corrected chi connectivity index (χ4v) is 2.50. The van der Waals surface area contributed by atoms with Gasteiger partial charge in [0.1, 0.15) is 0 Å². The minimum atomic E-state index is 0.775. The Labute approximate surface area is 104 Å². The number of aromatic amines is 1. The number of imidazole rings is 1. The summed E-state index contributed by atoms with van der Waals surface area (Å²) in [7, 11) is 0. The number of anilines is 1. The molecule has 18 heavy (non-hydrogen) atoms. The molecule has 0 aliphatic carbocycles. The van der Waals surface area contributed by atoms with Crippen molar-refractivity contribution in [1.82, 2.24) is 9.97 Å². The summed E-state index contributed by atoms with van der Waals surface area (Å²) in [5.74, 6) is 1.56. The Balaban J connectivity index is 1.90. The molecule has 0 saturated heterocycles. The van der Waals surface area contributed by atoms with Crippen molar-refractivity contribution in [2.24, 2.45) is 0 Å². The second kappa shape index (κ2) is 3.63. The Morgan fingerprint density at radius 3 is 3.17 bits per heavy atom. The predicted octanol–water partition coefficient (Wildman–Crippen LogP) is 3.18. The van der Waals surface area contributed by atoms with E-state index in [2.05, 4.69) is 27.4 Å². The Bertz CT molecular complexity index is 654. The second-order valence-electron chi connectivity index (χ2n) is 4.62. The number of hydrogen-bond donors (Lipinski definition) is 2. The largest absolute Gasteiger partial charge is 0.461 e. The molecule has 0 bridgehead atoms. The Hall–Kier alpha value is -2.23. The Morgan fingerprint density at radius 1 is 1.28 bits per heavy atom. The molecular weight excluding hydrogens is 226 g/mol. The first-order chi connectivity index (χ1) is 8.90. The summed E-state index contributed by atoms with van der Waals surface area (Å²) < 4.78 is 5.37. The van der Waals surface area contributed by atoms with E-state index in [9.17, 15) is 0 Å². The van der Waals surface area contributed by atoms with Gasteiger partial charge in [0.25, 0.3) is 0 Å². The van der Waals surface area contributed by atoms with Gasteiger partial charge in [-0.1, -0.05) is 0 Å². The lowest BCUT2D eigenvalue weighted by molar-refractivity contribution is 0.578. The highest BCUT2D eigenvalue weighted by molar-refractivity contribution is 5.84. The molecule has 3 heterocycles. The number of nitrogens with zero attached hydrogens (tertiary/aromatic N) is 1. The zero-order valence-corrected chi connectivity index (χ0v) is 9.86. The highest BCUT2D eigenvalue weighted by atomic mass is 16.3. The molecule has 4 nitrogen and oxygen atoms in total. The molecule has 0 saturated carbocycles. The molecule has 1 aliphatic rings. The molecule has 2 N–H and O–H groups in total. The summed E-state index contributed by atoms with van der Waals surface area (Å²) >= 11 is 0. The van der Waals surface area contributed by atoms with Gasteiger partial charge in [-0.15, -0.1) is 0 Å². The fraction of sp³-hybridized carbons (Fsp3) is 0.214. The summed E-state index contributed by atoms with van der Waals surface area (Å²) in [4.78, 5) is 7.89. The third-order valence-electron chi connectivity index (χ3n) is 3.40. The molecule has 0 unspecified atom stereocenters. The molecule has 3 aromatic rings. The Morgan fingerprint density at radius 2 is 2.28 bits per heavy atom. The SMILES string of the molecule is c1coc(-c2nc3cc4c(cc3[nH]2)CCCN4)c1. The predicted molar refractivity (Wildman–Crippen MR) is 70.6 cm³/mol. The molecule has 0 spiro atoms. The number of rotatable bonds is 1. The van der Waals surface area contributed by atoms with Crippen molar-refractivity contribution >= 4 is 16.7 Å². The lowest BCUT2D eigenvalue weighted by Crippen LogP contribution is -2.11. The maximum atomic E-state index is 5.37. The van der Waals surface area contributed by atoms with Crippen LogP contribution in [0.15, 0.2) is 34.9 Å². The van der Waals surface area contributed by atoms with Crippen LogP contribution in [0.5, 0.6) is 0 Å². The van der Waals surface area contributed by atoms with Crippen molar-refractivity contribution in [3.05, 3.63) is 36.1 Å². The van der Waals surface area contributed by atoms with Gasteiger partial charge in [-0.2, -0.15) is 0 Å². The third-order valence-corrected chi connectivity index (χ3v) is 3.40. The van der Waals surface area contributed by atoms with Crippen LogP contribution in [0.3, 0.4) is 0 Å². The van der Waals surface area contributed by atoms with Crippen LogP contribution in [0.1, 0.15) is 12.0 Å². The normalized spacial score (nSPS) is 14.4. The fourth-order valence-electron chi connectivity index (χ4n) is 2.50. The molecule has 90 valence electrons. The van der Waals surface area contributed by atoms with E-state index >= 15 is 0 Å². The summed E-state index contributed by atoms with van der Waals surface area (Å²) in [6.07, 6.45) is 3.99. The van der Waals surface area contributed by atoms with Crippen LogP contribution in [0, 0.1) is 0 Å². The molecule has 0 fully saturated rings. The van der Waals surface area contributed by atoms with Gasteiger partial charge in [0.2, 0.25) is 0 Å². The number of fused-ring (bicyclic) bond motifs is 2. The maximum absolute atomic E-state index is 5.37. The van der Waals surface area contributed by atoms with Gasteiger partial charge >= 0.3 is 0 Å². The first-order valence-electron chi connectivity index (χ1n) is 6.20. The van der Waals surface area contributed by atoms with Crippen LogP contribution in [-0.2, 0) is 6.42 Å². The van der Waals surface area contributed by atoms with E-state index in [4.69, 9.17) is 4.42 Å². The van der Waals surface area contributed by atoms with Crippen LogP contribution in [0.25, 0.3) is 22.6 Å². The van der Waals surface area contributed by atoms with Crippen LogP contribution < -0.4 is 5.32 Å². The minimum absolute atomic E-state index is 0.775. The lowest BCUT2D eigenvalue weighted by Gasteiger charge is -2.17. The highest BCUT2D eigenvalue weighted by Crippen LogP contribution is 2.28. The first kappa shape index (κ1) is 9.76. The third kappa shape index (κ3) is 1.42. The van der Waals surface area contributed by atoms with Crippen LogP contribution in [0.4, 0.5) is 5.69 Å². The summed E-state index contributed by atoms with van der Waals surface area (Å²) in [6, 6.07) is 8.09. The topological polar surface area (TPSA) is 53.9 Å². The van der Waals surface area contributed by atoms with E-state index in [0.29, 0.717) is 0 Å². The zero-order valence-electron chi connectivity index (χ0n) is 9.86. The van der Waals surface area contributed by atoms with Crippen molar-refractivity contribution in [1.29, 1.82) is 0 Å². The van der Waals surface area contributed by atoms with Gasteiger partial charge in [0.15, 0.2) is 11.6 Å². The highest BCUT2D eigenvalue weighted by Gasteiger charge is 2.13. The lowest BCUT2D eigenvalue weighted by atomic mass is 10.0. The average Bonchev–Trinajstić information content (AvgIpc) is 3.04. The number of H-pyrrole nitrogens is 1. The van der Waals surface area contributed by atoms with E-state index in [-0.39, 0.29) is 0 Å². The monoisotopic (exact) mass is 239 g/mol. The average molecular weight is 239 g/mol. The molecular formula is C14H13N3O. The number of nitrogens with one attached hydrogen (secondary N) is 2. The molecule has 0 atom stereocenters. The molecule has 1 aliphatic heterocycles. The van der Waals surface area contributed by atoms with Crippen molar-refractivity contribution in [3.8, 4) is 11.6 Å². The maximum Gasteiger partial charge on any atom is 0.174 e. The molecule has 0 radical (unpaired) electrons. The van der Waals surface area contributed by atoms with E-state index in [1.807, 2.05) is 12.1 Å². The first-order valence-corrected chi connectivity index (χ1v) is 6.20. The molecule has 4 heteroatoms. The van der Waals surface area contributed by atoms with Crippen LogP contribution >= 0.6 is 0 Å². The van der Waals surface area contributed by atoms with Crippen LogP contribution in [-0.4, -0.2) is 16.5 Å². The summed E-state index contributed by atoms with van der Waals surface area (Å²) in [5, 5.41) is 3.42. The summed E-state index contributed by atoms with van der Waals surface area (Å²) in [6.45, 7) is 1.05. The second-order valence-corrected chi connectivity index (χ2v) is 4.62. The smallest absolute Gasteiger partial charge is 0.174 e. The van der Waals surface area contributed by atoms with E-state index < -0.39 is 0 Å². The number of furan rings is 1. The Kier molecular flexibility index (Phi) is 1.97. The molecule has 2 aromatic heterocycles. The van der Waals surface area contributed by atoms with Gasteiger partial charge in [-0.05, 0) is 42.7 Å². The van der Waals surface area contributed by atoms with E-state index in [0.717, 1.165) is 35.6 Å². The van der Waals surface area contributed by atoms with Gasteiger partial charge in [-0.25, -0.2) is 4.98 Å². The van der Waals surface area contributed by atoms with E-state index in [1.54, 1.807) is 6.26 Å². The van der Waals surface area contributed by atoms with Crippen molar-refractivity contribution in [2.45, 2.75) is 12.8 Å².